The molecule has 1 rings (SSSR count). The molecule has 1 aromatic heterocycles. The molecule has 12 heteroatoms. The molecule has 12 nitrogen and oxygen atoms in total. The number of aliphatic imine (C=N–C) groups is 1. The Morgan fingerprint density at radius 2 is 2.04 bits per heavy atom. The number of unbranched alkanes of at least 4 members (excludes halogenated alkanes) is 1. The maximum absolute atomic E-state index is 12.2. The van der Waals surface area contributed by atoms with Crippen LogP contribution >= 0.6 is 0 Å². The zero-order valence-corrected chi connectivity index (χ0v) is 12.9. The second-order valence-electron chi connectivity index (χ2n) is 4.76. The summed E-state index contributed by atoms with van der Waals surface area (Å²) in [6, 6.07) is -1.28. The molecule has 0 aliphatic carbocycles. The molecule has 0 bridgehead atoms. The van der Waals surface area contributed by atoms with Crippen LogP contribution in [0.5, 0.6) is 0 Å². The molecule has 128 valence electrons. The van der Waals surface area contributed by atoms with Gasteiger partial charge in [-0.2, -0.15) is 5.21 Å². The van der Waals surface area contributed by atoms with Gasteiger partial charge in [0.2, 0.25) is 5.91 Å². The SMILES string of the molecule is CC(=O)N(O)C(CCCCN=C(C)N)C(=O)N(O)c1nn[nH]n1. The van der Waals surface area contributed by atoms with E-state index in [9.17, 15) is 20.0 Å². The van der Waals surface area contributed by atoms with Gasteiger partial charge in [0.1, 0.15) is 6.04 Å². The van der Waals surface area contributed by atoms with Crippen molar-refractivity contribution in [3.63, 3.8) is 0 Å². The highest BCUT2D eigenvalue weighted by Crippen LogP contribution is 2.13. The van der Waals surface area contributed by atoms with Gasteiger partial charge in [0.25, 0.3) is 11.9 Å². The van der Waals surface area contributed by atoms with Crippen LogP contribution in [0.3, 0.4) is 0 Å². The van der Waals surface area contributed by atoms with Crippen LogP contribution in [0.25, 0.3) is 0 Å². The Labute approximate surface area is 131 Å². The Balaban J connectivity index is 2.70. The minimum Gasteiger partial charge on any atom is -0.388 e. The Kier molecular flexibility index (Phi) is 7.02. The van der Waals surface area contributed by atoms with E-state index in [2.05, 4.69) is 25.6 Å². The molecule has 1 unspecified atom stereocenters. The molecule has 0 aliphatic heterocycles. The molecule has 2 amide bonds. The number of amides is 2. The number of carbonyl (C=O) groups is 2. The van der Waals surface area contributed by atoms with Gasteiger partial charge in [-0.05, 0) is 31.4 Å². The number of amidine groups is 1. The highest BCUT2D eigenvalue weighted by atomic mass is 16.5. The zero-order chi connectivity index (χ0) is 17.4. The first-order chi connectivity index (χ1) is 10.8. The van der Waals surface area contributed by atoms with Crippen LogP contribution in [-0.4, -0.2) is 66.3 Å². The summed E-state index contributed by atoms with van der Waals surface area (Å²) in [4.78, 5) is 27.5. The van der Waals surface area contributed by atoms with Crippen molar-refractivity contribution >= 4 is 23.6 Å². The molecule has 5 N–H and O–H groups in total. The number of tetrazole rings is 1. The third kappa shape index (κ3) is 5.60. The molecule has 0 saturated carbocycles. The number of hydrogen-bond acceptors (Lipinski definition) is 8. The van der Waals surface area contributed by atoms with Gasteiger partial charge in [-0.15, -0.1) is 10.2 Å². The summed E-state index contributed by atoms with van der Waals surface area (Å²) in [7, 11) is 0. The highest BCUT2D eigenvalue weighted by Gasteiger charge is 2.32. The fourth-order valence-corrected chi connectivity index (χ4v) is 1.76. The number of aromatic nitrogens is 4. The van der Waals surface area contributed by atoms with E-state index in [0.29, 0.717) is 25.2 Å². The molecule has 0 aliphatic rings. The smallest absolute Gasteiger partial charge is 0.296 e. The standard InChI is InChI=1S/C11H20N8O4/c1-7(12)13-6-4-3-5-9(18(22)8(2)20)10(21)19(23)11-14-16-17-15-11/h9,22-23H,3-6H2,1-2H3,(H2,12,13)(H,14,15,16,17). The molecular formula is C11H20N8O4. The molecular weight excluding hydrogens is 308 g/mol. The Morgan fingerprint density at radius 3 is 2.57 bits per heavy atom. The van der Waals surface area contributed by atoms with Crippen molar-refractivity contribution in [3.8, 4) is 0 Å². The fraction of sp³-hybridized carbons (Fsp3) is 0.636. The number of H-pyrrole nitrogens is 1. The summed E-state index contributed by atoms with van der Waals surface area (Å²) in [6.07, 6.45) is 1.18. The van der Waals surface area contributed by atoms with E-state index >= 15 is 0 Å². The molecule has 0 saturated heterocycles. The van der Waals surface area contributed by atoms with Crippen molar-refractivity contribution in [3.05, 3.63) is 0 Å². The quantitative estimate of drug-likeness (QED) is 0.156. The number of hydroxylamine groups is 3. The lowest BCUT2D eigenvalue weighted by molar-refractivity contribution is -0.179. The number of nitrogens with two attached hydrogens (primary N) is 1. The van der Waals surface area contributed by atoms with Crippen LogP contribution in [0.15, 0.2) is 4.99 Å². The minimum atomic E-state index is -1.28. The van der Waals surface area contributed by atoms with Gasteiger partial charge in [-0.25, -0.2) is 5.06 Å². The van der Waals surface area contributed by atoms with Crippen molar-refractivity contribution in [2.75, 3.05) is 11.6 Å². The fourth-order valence-electron chi connectivity index (χ4n) is 1.76. The van der Waals surface area contributed by atoms with Gasteiger partial charge < -0.3 is 5.73 Å². The minimum absolute atomic E-state index is 0.114. The predicted octanol–water partition coefficient (Wildman–Crippen LogP) is -0.924. The Bertz CT molecular complexity index is 542. The number of aromatic amines is 1. The first-order valence-electron chi connectivity index (χ1n) is 6.86. The molecule has 1 heterocycles. The summed E-state index contributed by atoms with van der Waals surface area (Å²) in [5, 5.41) is 32.1. The van der Waals surface area contributed by atoms with Crippen molar-refractivity contribution in [1.29, 1.82) is 0 Å². The van der Waals surface area contributed by atoms with E-state index in [1.54, 1.807) is 6.92 Å². The Hall–Kier alpha value is -2.60. The van der Waals surface area contributed by atoms with Crippen LogP contribution in [0, 0.1) is 0 Å². The first kappa shape index (κ1) is 18.4. The van der Waals surface area contributed by atoms with Crippen LogP contribution in [0.2, 0.25) is 0 Å². The van der Waals surface area contributed by atoms with Crippen LogP contribution in [-0.2, 0) is 9.59 Å². The van der Waals surface area contributed by atoms with E-state index in [1.165, 1.54) is 0 Å². The van der Waals surface area contributed by atoms with Gasteiger partial charge in [0.05, 0.1) is 5.84 Å². The Morgan fingerprint density at radius 1 is 1.35 bits per heavy atom. The summed E-state index contributed by atoms with van der Waals surface area (Å²) in [6.45, 7) is 3.22. The average molecular weight is 328 g/mol. The number of carbonyl (C=O) groups excluding carboxylic acids is 2. The lowest BCUT2D eigenvalue weighted by Crippen LogP contribution is -2.48. The maximum Gasteiger partial charge on any atom is 0.296 e. The van der Waals surface area contributed by atoms with Crippen molar-refractivity contribution in [2.45, 2.75) is 39.2 Å². The third-order valence-corrected chi connectivity index (χ3v) is 2.88. The number of nitrogens with one attached hydrogen (secondary N) is 1. The van der Waals surface area contributed by atoms with E-state index in [-0.39, 0.29) is 22.5 Å². The summed E-state index contributed by atoms with van der Waals surface area (Å²) >= 11 is 0. The van der Waals surface area contributed by atoms with Gasteiger partial charge in [-0.3, -0.25) is 25.0 Å². The molecule has 0 radical (unpaired) electrons. The second-order valence-corrected chi connectivity index (χ2v) is 4.76. The van der Waals surface area contributed by atoms with Crippen molar-refractivity contribution in [1.82, 2.24) is 25.7 Å². The lowest BCUT2D eigenvalue weighted by atomic mass is 10.1. The van der Waals surface area contributed by atoms with E-state index < -0.39 is 17.9 Å². The first-order valence-corrected chi connectivity index (χ1v) is 6.86. The van der Waals surface area contributed by atoms with E-state index in [4.69, 9.17) is 5.73 Å². The van der Waals surface area contributed by atoms with Gasteiger partial charge >= 0.3 is 0 Å². The molecule has 0 fully saturated rings. The summed E-state index contributed by atoms with van der Waals surface area (Å²) in [5.74, 6) is -1.63. The van der Waals surface area contributed by atoms with Crippen molar-refractivity contribution < 1.29 is 20.0 Å². The molecule has 0 aromatic carbocycles. The summed E-state index contributed by atoms with van der Waals surface area (Å²) in [5.41, 5.74) is 5.41. The average Bonchev–Trinajstić information content (AvgIpc) is 3.02. The second kappa shape index (κ2) is 8.75. The zero-order valence-electron chi connectivity index (χ0n) is 12.9. The van der Waals surface area contributed by atoms with Crippen LogP contribution < -0.4 is 10.8 Å². The van der Waals surface area contributed by atoms with Crippen LogP contribution in [0.1, 0.15) is 33.1 Å². The van der Waals surface area contributed by atoms with Gasteiger partial charge in [0, 0.05) is 13.5 Å². The van der Waals surface area contributed by atoms with E-state index in [1.807, 2.05) is 0 Å². The van der Waals surface area contributed by atoms with Gasteiger partial charge in [-0.1, -0.05) is 5.10 Å². The largest absolute Gasteiger partial charge is 0.388 e. The molecule has 1 atom stereocenters. The number of nitrogens with zero attached hydrogens (tertiary/aromatic N) is 6. The number of hydrogen-bond donors (Lipinski definition) is 4. The lowest BCUT2D eigenvalue weighted by Gasteiger charge is -2.25. The number of rotatable bonds is 8. The molecule has 0 spiro atoms. The van der Waals surface area contributed by atoms with E-state index in [0.717, 1.165) is 6.92 Å². The maximum atomic E-state index is 12.2. The van der Waals surface area contributed by atoms with Gasteiger partial charge in [0.15, 0.2) is 0 Å². The van der Waals surface area contributed by atoms with Crippen LogP contribution in [0.4, 0.5) is 5.95 Å². The molecule has 1 aromatic rings. The molecule has 23 heavy (non-hydrogen) atoms. The number of anilines is 1. The normalized spacial score (nSPS) is 12.8. The predicted molar refractivity (Wildman–Crippen MR) is 77.6 cm³/mol. The third-order valence-electron chi connectivity index (χ3n) is 2.88. The van der Waals surface area contributed by atoms with Crippen molar-refractivity contribution in [2.24, 2.45) is 10.7 Å². The monoisotopic (exact) mass is 328 g/mol. The topological polar surface area (TPSA) is 174 Å². The summed E-state index contributed by atoms with van der Waals surface area (Å²) < 4.78 is 0. The highest BCUT2D eigenvalue weighted by molar-refractivity contribution is 5.95.